The number of rotatable bonds is 4. The molecule has 0 aliphatic carbocycles. The normalized spacial score (nSPS) is 17.2. The molecule has 0 spiro atoms. The monoisotopic (exact) mass is 408 g/mol. The molecule has 158 valence electrons. The predicted molar refractivity (Wildman–Crippen MR) is 116 cm³/mol. The number of alkyl carbamates (subject to hydrolysis) is 1. The van der Waals surface area contributed by atoms with Crippen molar-refractivity contribution in [3.63, 3.8) is 0 Å². The highest BCUT2D eigenvalue weighted by Gasteiger charge is 2.37. The van der Waals surface area contributed by atoms with Crippen molar-refractivity contribution in [2.75, 3.05) is 4.90 Å². The summed E-state index contributed by atoms with van der Waals surface area (Å²) >= 11 is 0. The Kier molecular flexibility index (Phi) is 5.97. The number of hydrogen-bond donors (Lipinski definition) is 1. The van der Waals surface area contributed by atoms with Crippen LogP contribution in [0.5, 0.6) is 0 Å². The minimum atomic E-state index is -0.777. The lowest BCUT2D eigenvalue weighted by molar-refractivity contribution is -0.121. The first-order chi connectivity index (χ1) is 14.1. The smallest absolute Gasteiger partial charge is 0.408 e. The van der Waals surface area contributed by atoms with Gasteiger partial charge in [-0.2, -0.15) is 0 Å². The summed E-state index contributed by atoms with van der Waals surface area (Å²) in [6.45, 7) is 8.77. The van der Waals surface area contributed by atoms with Crippen molar-refractivity contribution < 1.29 is 19.1 Å². The fraction of sp³-hybridized carbons (Fsp3) is 0.375. The Morgan fingerprint density at radius 3 is 2.40 bits per heavy atom. The fourth-order valence-corrected chi connectivity index (χ4v) is 3.64. The van der Waals surface area contributed by atoms with E-state index >= 15 is 0 Å². The molecule has 1 aliphatic heterocycles. The zero-order chi connectivity index (χ0) is 22.1. The molecule has 0 saturated carbocycles. The number of hydrogen-bond acceptors (Lipinski definition) is 4. The van der Waals surface area contributed by atoms with Gasteiger partial charge in [-0.3, -0.25) is 9.59 Å². The Labute approximate surface area is 177 Å². The van der Waals surface area contributed by atoms with Crippen LogP contribution in [0.3, 0.4) is 0 Å². The van der Waals surface area contributed by atoms with Crippen LogP contribution < -0.4 is 10.2 Å². The molecule has 6 nitrogen and oxygen atoms in total. The first-order valence-electron chi connectivity index (χ1n) is 10.1. The van der Waals surface area contributed by atoms with Gasteiger partial charge in [0, 0.05) is 17.7 Å². The lowest BCUT2D eigenvalue weighted by Crippen LogP contribution is -2.54. The van der Waals surface area contributed by atoms with Crippen molar-refractivity contribution in [2.45, 2.75) is 58.7 Å². The van der Waals surface area contributed by atoms with Gasteiger partial charge in [-0.05, 0) is 63.9 Å². The third-order valence-electron chi connectivity index (χ3n) is 5.07. The summed E-state index contributed by atoms with van der Waals surface area (Å²) in [7, 11) is 0. The van der Waals surface area contributed by atoms with Gasteiger partial charge in [0.15, 0.2) is 5.78 Å². The van der Waals surface area contributed by atoms with Crippen LogP contribution in [-0.2, 0) is 16.0 Å². The van der Waals surface area contributed by atoms with Gasteiger partial charge in [-0.15, -0.1) is 0 Å². The van der Waals surface area contributed by atoms with Gasteiger partial charge in [-0.1, -0.05) is 30.3 Å². The molecule has 0 aromatic heterocycles. The lowest BCUT2D eigenvalue weighted by Gasteiger charge is -2.38. The highest BCUT2D eigenvalue weighted by molar-refractivity contribution is 6.03. The lowest BCUT2D eigenvalue weighted by atomic mass is 9.92. The Balaban J connectivity index is 1.99. The van der Waals surface area contributed by atoms with Gasteiger partial charge in [-0.25, -0.2) is 4.79 Å². The van der Waals surface area contributed by atoms with Crippen molar-refractivity contribution in [1.82, 2.24) is 5.32 Å². The average molecular weight is 408 g/mol. The summed E-state index contributed by atoms with van der Waals surface area (Å²) < 4.78 is 5.34. The molecule has 1 N–H and O–H groups in total. The van der Waals surface area contributed by atoms with Gasteiger partial charge in [0.1, 0.15) is 11.6 Å². The van der Waals surface area contributed by atoms with Crippen molar-refractivity contribution >= 4 is 23.5 Å². The maximum atomic E-state index is 13.4. The van der Waals surface area contributed by atoms with E-state index in [0.717, 1.165) is 16.8 Å². The predicted octanol–water partition coefficient (Wildman–Crippen LogP) is 4.43. The Morgan fingerprint density at radius 2 is 1.80 bits per heavy atom. The Hall–Kier alpha value is -3.15. The number of carbonyl (C=O) groups excluding carboxylic acids is 3. The molecular formula is C24H28N2O4. The highest BCUT2D eigenvalue weighted by atomic mass is 16.6. The van der Waals surface area contributed by atoms with Crippen molar-refractivity contribution in [3.8, 4) is 0 Å². The van der Waals surface area contributed by atoms with Crippen molar-refractivity contribution in [2.24, 2.45) is 0 Å². The van der Waals surface area contributed by atoms with Crippen LogP contribution in [-0.4, -0.2) is 29.4 Å². The number of anilines is 1. The minimum absolute atomic E-state index is 0.0472. The summed E-state index contributed by atoms with van der Waals surface area (Å²) in [5.74, 6) is -0.255. The van der Waals surface area contributed by atoms with Crippen molar-refractivity contribution in [3.05, 3.63) is 65.2 Å². The van der Waals surface area contributed by atoms with E-state index in [1.807, 2.05) is 43.3 Å². The molecule has 1 aliphatic rings. The van der Waals surface area contributed by atoms with E-state index in [4.69, 9.17) is 4.74 Å². The topological polar surface area (TPSA) is 75.7 Å². The van der Waals surface area contributed by atoms with Gasteiger partial charge in [0.25, 0.3) is 5.91 Å². The Morgan fingerprint density at radius 1 is 1.13 bits per heavy atom. The maximum Gasteiger partial charge on any atom is 0.408 e. The zero-order valence-corrected chi connectivity index (χ0v) is 18.1. The molecule has 6 heteroatoms. The first-order valence-corrected chi connectivity index (χ1v) is 10.1. The molecular weight excluding hydrogens is 380 g/mol. The van der Waals surface area contributed by atoms with Crippen LogP contribution in [0.15, 0.2) is 48.5 Å². The molecule has 3 rings (SSSR count). The van der Waals surface area contributed by atoms with E-state index in [1.54, 1.807) is 37.8 Å². The van der Waals surface area contributed by atoms with Gasteiger partial charge < -0.3 is 15.0 Å². The van der Waals surface area contributed by atoms with Crippen molar-refractivity contribution in [1.29, 1.82) is 0 Å². The SMILES string of the molecule is CC(=O)c1ccc2c(c1)C[C@@H](NC(=O)OC(C)(C)C)C(=O)N2[C@@H](C)c1ccccc1. The molecule has 0 fully saturated rings. The fourth-order valence-electron chi connectivity index (χ4n) is 3.64. The van der Waals surface area contributed by atoms with Crippen LogP contribution in [0.1, 0.15) is 62.1 Å². The molecule has 0 unspecified atom stereocenters. The standard InChI is InChI=1S/C24H28N2O4/c1-15(17-9-7-6-8-10-17)26-21-12-11-18(16(2)27)13-19(21)14-20(22(26)28)25-23(29)30-24(3,4)5/h6-13,15,20H,14H2,1-5H3,(H,25,29)/t15-,20+/m0/s1. The van der Waals surface area contributed by atoms with Gasteiger partial charge >= 0.3 is 6.09 Å². The third-order valence-corrected chi connectivity index (χ3v) is 5.07. The minimum Gasteiger partial charge on any atom is -0.444 e. The molecule has 0 saturated heterocycles. The average Bonchev–Trinajstić information content (AvgIpc) is 2.67. The second-order valence-electron chi connectivity index (χ2n) is 8.60. The number of carbonyl (C=O) groups is 3. The van der Waals surface area contributed by atoms with Crippen LogP contribution in [0, 0.1) is 0 Å². The largest absolute Gasteiger partial charge is 0.444 e. The number of amides is 2. The summed E-state index contributed by atoms with van der Waals surface area (Å²) in [5.41, 5.74) is 2.48. The number of nitrogens with one attached hydrogen (secondary N) is 1. The second kappa shape index (κ2) is 8.30. The molecule has 0 radical (unpaired) electrons. The quantitative estimate of drug-likeness (QED) is 0.759. The molecule has 0 bridgehead atoms. The number of fused-ring (bicyclic) bond motifs is 1. The second-order valence-corrected chi connectivity index (χ2v) is 8.60. The molecule has 2 amide bonds. The third kappa shape index (κ3) is 4.70. The molecule has 2 aromatic rings. The van der Waals surface area contributed by atoms with Gasteiger partial charge in [0.2, 0.25) is 0 Å². The number of nitrogens with zero attached hydrogens (tertiary/aromatic N) is 1. The highest BCUT2D eigenvalue weighted by Crippen LogP contribution is 2.35. The number of ether oxygens (including phenoxy) is 1. The molecule has 2 atom stereocenters. The van der Waals surface area contributed by atoms with E-state index in [9.17, 15) is 14.4 Å². The van der Waals surface area contributed by atoms with E-state index in [-0.39, 0.29) is 17.7 Å². The first kappa shape index (κ1) is 21.6. The van der Waals surface area contributed by atoms with E-state index < -0.39 is 17.7 Å². The number of Topliss-reactive ketones (excluding diaryl/α,β-unsaturated/α-hetero) is 1. The van der Waals surface area contributed by atoms with E-state index in [1.165, 1.54) is 6.92 Å². The number of benzene rings is 2. The Bertz CT molecular complexity index is 963. The summed E-state index contributed by atoms with van der Waals surface area (Å²) in [4.78, 5) is 39.3. The molecule has 1 heterocycles. The van der Waals surface area contributed by atoms with Gasteiger partial charge in [0.05, 0.1) is 6.04 Å². The van der Waals surface area contributed by atoms with E-state index in [2.05, 4.69) is 5.32 Å². The van der Waals surface area contributed by atoms with Crippen LogP contribution >= 0.6 is 0 Å². The zero-order valence-electron chi connectivity index (χ0n) is 18.1. The van der Waals surface area contributed by atoms with Crippen LogP contribution in [0.2, 0.25) is 0 Å². The maximum absolute atomic E-state index is 13.4. The molecule has 2 aromatic carbocycles. The van der Waals surface area contributed by atoms with E-state index in [0.29, 0.717) is 12.0 Å². The van der Waals surface area contributed by atoms with Crippen LogP contribution in [0.25, 0.3) is 0 Å². The van der Waals surface area contributed by atoms with Crippen LogP contribution in [0.4, 0.5) is 10.5 Å². The summed E-state index contributed by atoms with van der Waals surface area (Å²) in [6.07, 6.45) is -0.341. The number of ketones is 1. The summed E-state index contributed by atoms with van der Waals surface area (Å²) in [6, 6.07) is 14.0. The summed E-state index contributed by atoms with van der Waals surface area (Å²) in [5, 5.41) is 2.71. The molecule has 30 heavy (non-hydrogen) atoms.